The lowest BCUT2D eigenvalue weighted by Gasteiger charge is -2.18. The fourth-order valence-electron chi connectivity index (χ4n) is 1.87. The van der Waals surface area contributed by atoms with Crippen LogP contribution in [0.5, 0.6) is 11.5 Å². The summed E-state index contributed by atoms with van der Waals surface area (Å²) in [6.07, 6.45) is 4.64. The number of nitrogens with one attached hydrogen (secondary N) is 1. The normalized spacial score (nSPS) is 13.1. The van der Waals surface area contributed by atoms with Crippen molar-refractivity contribution in [1.29, 1.82) is 0 Å². The molecule has 3 rings (SSSR count). The molecule has 1 aliphatic rings. The summed E-state index contributed by atoms with van der Waals surface area (Å²) in [6.45, 7) is 1.09. The third-order valence-corrected chi connectivity index (χ3v) is 2.87. The lowest BCUT2D eigenvalue weighted by molar-refractivity contribution is 0.0955. The monoisotopic (exact) mass is 283 g/mol. The number of hydrazone groups is 1. The number of amides is 1. The minimum atomic E-state index is -0.308. The van der Waals surface area contributed by atoms with Gasteiger partial charge in [0.2, 0.25) is 0 Å². The third-order valence-electron chi connectivity index (χ3n) is 2.87. The summed E-state index contributed by atoms with van der Waals surface area (Å²) >= 11 is 0. The zero-order valence-corrected chi connectivity index (χ0v) is 11.2. The summed E-state index contributed by atoms with van der Waals surface area (Å²) in [5, 5.41) is 3.92. The van der Waals surface area contributed by atoms with Gasteiger partial charge in [-0.2, -0.15) is 5.10 Å². The highest BCUT2D eigenvalue weighted by Crippen LogP contribution is 2.30. The van der Waals surface area contributed by atoms with E-state index < -0.39 is 0 Å². The Hall–Kier alpha value is -2.89. The Balaban J connectivity index is 1.65. The van der Waals surface area contributed by atoms with Crippen molar-refractivity contribution in [2.24, 2.45) is 5.10 Å². The lowest BCUT2D eigenvalue weighted by atomic mass is 10.2. The molecule has 6 nitrogen and oxygen atoms in total. The Morgan fingerprint density at radius 3 is 2.90 bits per heavy atom. The van der Waals surface area contributed by atoms with E-state index in [0.717, 1.165) is 11.3 Å². The van der Waals surface area contributed by atoms with Crippen molar-refractivity contribution in [2.45, 2.75) is 0 Å². The van der Waals surface area contributed by atoms with E-state index in [0.29, 0.717) is 24.5 Å². The van der Waals surface area contributed by atoms with E-state index in [4.69, 9.17) is 9.47 Å². The summed E-state index contributed by atoms with van der Waals surface area (Å²) in [4.78, 5) is 15.6. The molecule has 1 aliphatic heterocycles. The second-order valence-electron chi connectivity index (χ2n) is 4.34. The predicted molar refractivity (Wildman–Crippen MR) is 76.7 cm³/mol. The number of rotatable bonds is 3. The van der Waals surface area contributed by atoms with E-state index in [1.807, 2.05) is 18.2 Å². The highest BCUT2D eigenvalue weighted by molar-refractivity contribution is 5.94. The number of carbonyl (C=O) groups excluding carboxylic acids is 1. The smallest absolute Gasteiger partial charge is 0.272 e. The van der Waals surface area contributed by atoms with E-state index in [1.54, 1.807) is 24.5 Å². The summed E-state index contributed by atoms with van der Waals surface area (Å²) in [7, 11) is 0. The van der Waals surface area contributed by atoms with Crippen molar-refractivity contribution < 1.29 is 14.3 Å². The first-order valence-corrected chi connectivity index (χ1v) is 6.46. The molecule has 0 saturated carbocycles. The van der Waals surface area contributed by atoms with Crippen molar-refractivity contribution in [3.63, 3.8) is 0 Å². The lowest BCUT2D eigenvalue weighted by Crippen LogP contribution is -2.17. The Morgan fingerprint density at radius 1 is 1.24 bits per heavy atom. The maximum Gasteiger partial charge on any atom is 0.272 e. The number of ether oxygens (including phenoxy) is 2. The minimum Gasteiger partial charge on any atom is -0.486 e. The van der Waals surface area contributed by atoms with Crippen molar-refractivity contribution in [3.05, 3.63) is 53.9 Å². The van der Waals surface area contributed by atoms with Gasteiger partial charge in [0.15, 0.2) is 11.5 Å². The van der Waals surface area contributed by atoms with Crippen LogP contribution in [-0.2, 0) is 0 Å². The zero-order chi connectivity index (χ0) is 14.5. The number of pyridine rings is 1. The van der Waals surface area contributed by atoms with Gasteiger partial charge in [0.1, 0.15) is 13.2 Å². The maximum atomic E-state index is 11.8. The van der Waals surface area contributed by atoms with Crippen molar-refractivity contribution in [2.75, 3.05) is 13.2 Å². The molecule has 6 heteroatoms. The molecule has 0 atom stereocenters. The van der Waals surface area contributed by atoms with Crippen LogP contribution < -0.4 is 14.9 Å². The van der Waals surface area contributed by atoms with Gasteiger partial charge in [-0.1, -0.05) is 0 Å². The molecule has 0 bridgehead atoms. The van der Waals surface area contributed by atoms with E-state index in [1.165, 1.54) is 6.20 Å². The van der Waals surface area contributed by atoms with Crippen LogP contribution in [0.1, 0.15) is 15.9 Å². The van der Waals surface area contributed by atoms with Crippen LogP contribution >= 0.6 is 0 Å². The number of nitrogens with zero attached hydrogens (tertiary/aromatic N) is 2. The van der Waals surface area contributed by atoms with Crippen LogP contribution in [0, 0.1) is 0 Å². The molecule has 106 valence electrons. The highest BCUT2D eigenvalue weighted by Gasteiger charge is 2.10. The molecule has 2 aromatic rings. The van der Waals surface area contributed by atoms with Crippen LogP contribution in [0.3, 0.4) is 0 Å². The Kier molecular flexibility index (Phi) is 3.77. The molecule has 0 aliphatic carbocycles. The van der Waals surface area contributed by atoms with Gasteiger partial charge in [0, 0.05) is 12.4 Å². The molecule has 1 aromatic heterocycles. The minimum absolute atomic E-state index is 0.308. The van der Waals surface area contributed by atoms with Crippen molar-refractivity contribution >= 4 is 12.1 Å². The Morgan fingerprint density at radius 2 is 2.10 bits per heavy atom. The van der Waals surface area contributed by atoms with Gasteiger partial charge in [0.25, 0.3) is 5.91 Å². The van der Waals surface area contributed by atoms with Crippen LogP contribution in [0.4, 0.5) is 0 Å². The second-order valence-corrected chi connectivity index (χ2v) is 4.34. The number of benzene rings is 1. The summed E-state index contributed by atoms with van der Waals surface area (Å²) in [6, 6.07) is 8.83. The van der Waals surface area contributed by atoms with Gasteiger partial charge >= 0.3 is 0 Å². The third kappa shape index (κ3) is 3.17. The molecule has 0 unspecified atom stereocenters. The average Bonchev–Trinajstić information content (AvgIpc) is 2.55. The molecular weight excluding hydrogens is 270 g/mol. The number of aromatic nitrogens is 1. The first-order valence-electron chi connectivity index (χ1n) is 6.46. The van der Waals surface area contributed by atoms with Gasteiger partial charge in [-0.3, -0.25) is 9.78 Å². The van der Waals surface area contributed by atoms with Gasteiger partial charge < -0.3 is 9.47 Å². The Bertz CT molecular complexity index is 671. The quantitative estimate of drug-likeness (QED) is 0.686. The van der Waals surface area contributed by atoms with Crippen LogP contribution in [0.2, 0.25) is 0 Å². The fraction of sp³-hybridized carbons (Fsp3) is 0.133. The summed E-state index contributed by atoms with van der Waals surface area (Å²) in [5.74, 6) is 1.10. The molecule has 0 radical (unpaired) electrons. The molecule has 0 spiro atoms. The summed E-state index contributed by atoms with van der Waals surface area (Å²) in [5.41, 5.74) is 3.71. The fourth-order valence-corrected chi connectivity index (χ4v) is 1.87. The van der Waals surface area contributed by atoms with E-state index in [9.17, 15) is 4.79 Å². The molecule has 1 aromatic carbocycles. The number of carbonyl (C=O) groups is 1. The number of fused-ring (bicyclic) bond motifs is 1. The van der Waals surface area contributed by atoms with Crippen LogP contribution in [0.25, 0.3) is 0 Å². The van der Waals surface area contributed by atoms with E-state index in [2.05, 4.69) is 15.5 Å². The molecule has 1 N–H and O–H groups in total. The number of hydrogen-bond acceptors (Lipinski definition) is 5. The zero-order valence-electron chi connectivity index (χ0n) is 11.2. The predicted octanol–water partition coefficient (Wildman–Crippen LogP) is 1.62. The standard InChI is InChI=1S/C15H13N3O3/c19-15(12-2-1-5-16-10-12)18-17-9-11-3-4-13-14(8-11)21-7-6-20-13/h1-5,8-10H,6-7H2,(H,18,19). The molecular formula is C15H13N3O3. The van der Waals surface area contributed by atoms with E-state index >= 15 is 0 Å². The average molecular weight is 283 g/mol. The van der Waals surface area contributed by atoms with Gasteiger partial charge in [0.05, 0.1) is 11.8 Å². The van der Waals surface area contributed by atoms with Crippen LogP contribution in [0.15, 0.2) is 47.8 Å². The van der Waals surface area contributed by atoms with Gasteiger partial charge in [-0.15, -0.1) is 0 Å². The van der Waals surface area contributed by atoms with Crippen molar-refractivity contribution in [1.82, 2.24) is 10.4 Å². The molecule has 1 amide bonds. The molecule has 0 fully saturated rings. The van der Waals surface area contributed by atoms with Crippen molar-refractivity contribution in [3.8, 4) is 11.5 Å². The van der Waals surface area contributed by atoms with Gasteiger partial charge in [-0.05, 0) is 35.9 Å². The SMILES string of the molecule is O=C(NN=Cc1ccc2c(c1)OCCO2)c1cccnc1. The molecule has 0 saturated heterocycles. The summed E-state index contributed by atoms with van der Waals surface area (Å²) < 4.78 is 10.9. The largest absolute Gasteiger partial charge is 0.486 e. The maximum absolute atomic E-state index is 11.8. The number of hydrogen-bond donors (Lipinski definition) is 1. The van der Waals surface area contributed by atoms with Crippen LogP contribution in [-0.4, -0.2) is 30.3 Å². The second kappa shape index (κ2) is 6.04. The van der Waals surface area contributed by atoms with Gasteiger partial charge in [-0.25, -0.2) is 5.43 Å². The Labute approximate surface area is 121 Å². The highest BCUT2D eigenvalue weighted by atomic mass is 16.6. The molecule has 2 heterocycles. The topological polar surface area (TPSA) is 72.8 Å². The first-order chi connectivity index (χ1) is 10.3. The molecule has 21 heavy (non-hydrogen) atoms. The van der Waals surface area contributed by atoms with E-state index in [-0.39, 0.29) is 5.91 Å². The first kappa shape index (κ1) is 13.1.